The van der Waals surface area contributed by atoms with Crippen LogP contribution in [0.25, 0.3) is 5.65 Å². The SMILES string of the molecule is FC(F)c1nnc2ccc(N3CCSSCC3)nn12. The third-order valence-electron chi connectivity index (χ3n) is 2.76. The Labute approximate surface area is 116 Å². The number of nitrogens with zero attached hydrogens (tertiary/aromatic N) is 5. The monoisotopic (exact) mass is 303 g/mol. The second-order valence-corrected chi connectivity index (χ2v) is 6.65. The molecule has 3 rings (SSSR count). The number of halogens is 2. The van der Waals surface area contributed by atoms with Gasteiger partial charge in [0.2, 0.25) is 5.82 Å². The van der Waals surface area contributed by atoms with Crippen LogP contribution >= 0.6 is 21.6 Å². The van der Waals surface area contributed by atoms with Gasteiger partial charge in [-0.05, 0) is 12.1 Å². The first-order valence-electron chi connectivity index (χ1n) is 5.75. The number of hydrogen-bond donors (Lipinski definition) is 0. The summed E-state index contributed by atoms with van der Waals surface area (Å²) in [7, 11) is 3.65. The van der Waals surface area contributed by atoms with E-state index in [-0.39, 0.29) is 0 Å². The fraction of sp³-hybridized carbons (Fsp3) is 0.500. The van der Waals surface area contributed by atoms with E-state index in [1.807, 2.05) is 21.6 Å². The summed E-state index contributed by atoms with van der Waals surface area (Å²) < 4.78 is 26.7. The van der Waals surface area contributed by atoms with Crippen molar-refractivity contribution in [3.8, 4) is 0 Å². The molecule has 5 nitrogen and oxygen atoms in total. The number of fused-ring (bicyclic) bond motifs is 1. The van der Waals surface area contributed by atoms with Gasteiger partial charge in [0.15, 0.2) is 5.65 Å². The van der Waals surface area contributed by atoms with Crippen molar-refractivity contribution in [1.82, 2.24) is 19.8 Å². The molecular weight excluding hydrogens is 292 g/mol. The number of hydrogen-bond acceptors (Lipinski definition) is 6. The van der Waals surface area contributed by atoms with Gasteiger partial charge >= 0.3 is 0 Å². The molecule has 3 heterocycles. The van der Waals surface area contributed by atoms with E-state index in [9.17, 15) is 8.78 Å². The molecule has 2 aromatic rings. The summed E-state index contributed by atoms with van der Waals surface area (Å²) in [6.07, 6.45) is -2.67. The number of rotatable bonds is 2. The number of anilines is 1. The predicted octanol–water partition coefficient (Wildman–Crippen LogP) is 2.26. The van der Waals surface area contributed by atoms with Crippen LogP contribution in [-0.4, -0.2) is 44.4 Å². The molecule has 0 amide bonds. The summed E-state index contributed by atoms with van der Waals surface area (Å²) in [5, 5.41) is 11.4. The van der Waals surface area contributed by atoms with Gasteiger partial charge < -0.3 is 4.90 Å². The molecule has 9 heteroatoms. The normalized spacial score (nSPS) is 17.1. The third kappa shape index (κ3) is 2.62. The molecule has 0 spiro atoms. The van der Waals surface area contributed by atoms with Gasteiger partial charge in [0.1, 0.15) is 5.82 Å². The van der Waals surface area contributed by atoms with Gasteiger partial charge in [-0.2, -0.15) is 4.52 Å². The fourth-order valence-electron chi connectivity index (χ4n) is 1.85. The first-order chi connectivity index (χ1) is 9.25. The van der Waals surface area contributed by atoms with E-state index in [1.165, 1.54) is 0 Å². The van der Waals surface area contributed by atoms with Crippen LogP contribution in [-0.2, 0) is 0 Å². The summed E-state index contributed by atoms with van der Waals surface area (Å²) in [5.41, 5.74) is 0.345. The third-order valence-corrected chi connectivity index (χ3v) is 5.13. The molecule has 0 aliphatic carbocycles. The lowest BCUT2D eigenvalue weighted by Crippen LogP contribution is -2.28. The number of aromatic nitrogens is 4. The summed E-state index contributed by atoms with van der Waals surface area (Å²) in [5.74, 6) is 2.27. The molecular formula is C10H11F2N5S2. The van der Waals surface area contributed by atoms with E-state index in [1.54, 1.807) is 12.1 Å². The van der Waals surface area contributed by atoms with Crippen LogP contribution in [0.5, 0.6) is 0 Å². The van der Waals surface area contributed by atoms with Crippen molar-refractivity contribution in [2.24, 2.45) is 0 Å². The summed E-state index contributed by atoms with van der Waals surface area (Å²) in [6, 6.07) is 3.48. The zero-order valence-corrected chi connectivity index (χ0v) is 11.5. The molecule has 102 valence electrons. The van der Waals surface area contributed by atoms with Gasteiger partial charge in [-0.25, -0.2) is 8.78 Å². The zero-order valence-electron chi connectivity index (χ0n) is 9.87. The molecule has 0 N–H and O–H groups in total. The summed E-state index contributed by atoms with van der Waals surface area (Å²) in [4.78, 5) is 2.10. The highest BCUT2D eigenvalue weighted by atomic mass is 33.1. The van der Waals surface area contributed by atoms with Crippen LogP contribution in [0.2, 0.25) is 0 Å². The van der Waals surface area contributed by atoms with Crippen LogP contribution in [0.1, 0.15) is 12.2 Å². The molecule has 1 aliphatic rings. The van der Waals surface area contributed by atoms with Crippen molar-refractivity contribution in [2.45, 2.75) is 6.43 Å². The number of alkyl halides is 2. The Bertz CT molecular complexity index is 568. The van der Waals surface area contributed by atoms with E-state index >= 15 is 0 Å². The lowest BCUT2D eigenvalue weighted by molar-refractivity contribution is 0.137. The highest BCUT2D eigenvalue weighted by Gasteiger charge is 2.18. The van der Waals surface area contributed by atoms with E-state index in [4.69, 9.17) is 0 Å². The smallest absolute Gasteiger partial charge is 0.299 e. The molecule has 0 bridgehead atoms. The maximum absolute atomic E-state index is 12.8. The Kier molecular flexibility index (Phi) is 3.74. The second kappa shape index (κ2) is 5.49. The van der Waals surface area contributed by atoms with Crippen LogP contribution < -0.4 is 4.90 Å². The topological polar surface area (TPSA) is 46.3 Å². The van der Waals surface area contributed by atoms with Crippen molar-refractivity contribution >= 4 is 33.1 Å². The Morgan fingerprint density at radius 1 is 1.11 bits per heavy atom. The highest BCUT2D eigenvalue weighted by molar-refractivity contribution is 8.76. The highest BCUT2D eigenvalue weighted by Crippen LogP contribution is 2.26. The lowest BCUT2D eigenvalue weighted by atomic mass is 10.4. The first kappa shape index (κ1) is 12.9. The first-order valence-corrected chi connectivity index (χ1v) is 8.24. The summed E-state index contributed by atoms with van der Waals surface area (Å²) in [6.45, 7) is 1.73. The minimum atomic E-state index is -2.67. The van der Waals surface area contributed by atoms with Crippen molar-refractivity contribution in [1.29, 1.82) is 0 Å². The molecule has 0 radical (unpaired) electrons. The van der Waals surface area contributed by atoms with E-state index in [2.05, 4.69) is 20.2 Å². The molecule has 2 aromatic heterocycles. The fourth-order valence-corrected chi connectivity index (χ4v) is 3.83. The van der Waals surface area contributed by atoms with Crippen molar-refractivity contribution < 1.29 is 8.78 Å². The molecule has 0 saturated carbocycles. The van der Waals surface area contributed by atoms with Gasteiger partial charge in [0, 0.05) is 24.6 Å². The maximum atomic E-state index is 12.8. The van der Waals surface area contributed by atoms with Crippen molar-refractivity contribution in [3.63, 3.8) is 0 Å². The predicted molar refractivity (Wildman–Crippen MR) is 72.9 cm³/mol. The molecule has 1 fully saturated rings. The molecule has 1 saturated heterocycles. The zero-order chi connectivity index (χ0) is 13.2. The molecule has 0 aromatic carbocycles. The molecule has 19 heavy (non-hydrogen) atoms. The Morgan fingerprint density at radius 3 is 2.53 bits per heavy atom. The van der Waals surface area contributed by atoms with Crippen molar-refractivity contribution in [3.05, 3.63) is 18.0 Å². The van der Waals surface area contributed by atoms with Gasteiger partial charge in [-0.15, -0.1) is 15.3 Å². The van der Waals surface area contributed by atoms with Gasteiger partial charge in [0.05, 0.1) is 0 Å². The van der Waals surface area contributed by atoms with Crippen LogP contribution in [0.3, 0.4) is 0 Å². The van der Waals surface area contributed by atoms with Crippen LogP contribution in [0, 0.1) is 0 Å². The van der Waals surface area contributed by atoms with Gasteiger partial charge in [-0.3, -0.25) is 0 Å². The minimum Gasteiger partial charge on any atom is -0.353 e. The Morgan fingerprint density at radius 2 is 1.84 bits per heavy atom. The second-order valence-electron chi connectivity index (χ2n) is 3.95. The van der Waals surface area contributed by atoms with E-state index in [0.29, 0.717) is 11.5 Å². The van der Waals surface area contributed by atoms with E-state index < -0.39 is 12.2 Å². The minimum absolute atomic E-state index is 0.345. The van der Waals surface area contributed by atoms with E-state index in [0.717, 1.165) is 29.1 Å². The average Bonchev–Trinajstić information content (AvgIpc) is 2.64. The Balaban J connectivity index is 1.97. The van der Waals surface area contributed by atoms with Crippen LogP contribution in [0.15, 0.2) is 12.1 Å². The summed E-state index contributed by atoms with van der Waals surface area (Å²) >= 11 is 0. The van der Waals surface area contributed by atoms with Gasteiger partial charge in [0.25, 0.3) is 6.43 Å². The largest absolute Gasteiger partial charge is 0.353 e. The lowest BCUT2D eigenvalue weighted by Gasteiger charge is -2.20. The average molecular weight is 303 g/mol. The standard InChI is InChI=1S/C10H11F2N5S2/c11-9(12)10-14-13-7-1-2-8(15-17(7)10)16-3-5-18-19-6-4-16/h1-2,9H,3-6H2. The molecule has 0 atom stereocenters. The Hall–Kier alpha value is -1.09. The molecule has 1 aliphatic heterocycles. The van der Waals surface area contributed by atoms with Gasteiger partial charge in [-0.1, -0.05) is 21.6 Å². The maximum Gasteiger partial charge on any atom is 0.299 e. The molecule has 0 unspecified atom stereocenters. The van der Waals surface area contributed by atoms with Crippen molar-refractivity contribution in [2.75, 3.05) is 29.5 Å². The quantitative estimate of drug-likeness (QED) is 0.793. The van der Waals surface area contributed by atoms with Crippen LogP contribution in [0.4, 0.5) is 14.6 Å².